The summed E-state index contributed by atoms with van der Waals surface area (Å²) in [5.74, 6) is 0. The molecule has 0 aliphatic rings. The second-order valence-electron chi connectivity index (χ2n) is 2.85. The first-order valence-electron chi connectivity index (χ1n) is 4.34. The lowest BCUT2D eigenvalue weighted by atomic mass is 10.2. The highest BCUT2D eigenvalue weighted by Gasteiger charge is 1.98. The Kier molecular flexibility index (Phi) is 5.33. The normalized spacial score (nSPS) is 8.71. The van der Waals surface area contributed by atoms with Gasteiger partial charge >= 0.3 is 6.03 Å². The lowest BCUT2D eigenvalue weighted by Crippen LogP contribution is -2.28. The molecule has 0 spiro atoms. The fourth-order valence-corrected chi connectivity index (χ4v) is 1.06. The molecular formula is C10H17N3O. The summed E-state index contributed by atoms with van der Waals surface area (Å²) in [6, 6.07) is 7.53. The van der Waals surface area contributed by atoms with E-state index >= 15 is 0 Å². The zero-order valence-corrected chi connectivity index (χ0v) is 8.63. The second-order valence-corrected chi connectivity index (χ2v) is 2.85. The van der Waals surface area contributed by atoms with Gasteiger partial charge < -0.3 is 16.8 Å². The number of hydrogen-bond donors (Lipinski definition) is 3. The number of urea groups is 1. The standard InChI is InChI=1S/C10H14N2O.H3N/c1-3-11-10(13)12-9-6-4-5-8(2)7-9;/h4-7H,3H2,1-2H3,(H2,11,12,13);1H3. The highest BCUT2D eigenvalue weighted by Crippen LogP contribution is 2.08. The SMILES string of the molecule is CCNC(=O)Nc1cccc(C)c1.N. The Labute approximate surface area is 84.3 Å². The predicted molar refractivity (Wildman–Crippen MR) is 58.9 cm³/mol. The van der Waals surface area contributed by atoms with Crippen LogP contribution in [0, 0.1) is 6.92 Å². The van der Waals surface area contributed by atoms with E-state index in [0.717, 1.165) is 11.3 Å². The zero-order valence-electron chi connectivity index (χ0n) is 8.63. The van der Waals surface area contributed by atoms with E-state index in [9.17, 15) is 4.79 Å². The lowest BCUT2D eigenvalue weighted by molar-refractivity contribution is 0.252. The van der Waals surface area contributed by atoms with Gasteiger partial charge in [0, 0.05) is 12.2 Å². The fraction of sp³-hybridized carbons (Fsp3) is 0.300. The molecule has 1 aromatic rings. The molecule has 78 valence electrons. The molecule has 0 radical (unpaired) electrons. The van der Waals surface area contributed by atoms with Crippen LogP contribution in [-0.4, -0.2) is 12.6 Å². The molecule has 5 N–H and O–H groups in total. The van der Waals surface area contributed by atoms with Crippen molar-refractivity contribution in [2.24, 2.45) is 0 Å². The van der Waals surface area contributed by atoms with Gasteiger partial charge in [0.25, 0.3) is 0 Å². The summed E-state index contributed by atoms with van der Waals surface area (Å²) in [7, 11) is 0. The highest BCUT2D eigenvalue weighted by atomic mass is 16.2. The molecule has 14 heavy (non-hydrogen) atoms. The average molecular weight is 195 g/mol. The van der Waals surface area contributed by atoms with E-state index in [-0.39, 0.29) is 12.2 Å². The van der Waals surface area contributed by atoms with Crippen molar-refractivity contribution in [1.29, 1.82) is 0 Å². The Morgan fingerprint density at radius 2 is 2.14 bits per heavy atom. The third kappa shape index (κ3) is 3.91. The van der Waals surface area contributed by atoms with Crippen LogP contribution in [0.4, 0.5) is 10.5 Å². The molecule has 1 aromatic carbocycles. The van der Waals surface area contributed by atoms with Gasteiger partial charge in [-0.3, -0.25) is 0 Å². The number of carbonyl (C=O) groups is 1. The second kappa shape index (κ2) is 5.99. The highest BCUT2D eigenvalue weighted by molar-refractivity contribution is 5.89. The van der Waals surface area contributed by atoms with E-state index in [4.69, 9.17) is 0 Å². The van der Waals surface area contributed by atoms with Crippen LogP contribution >= 0.6 is 0 Å². The third-order valence-corrected chi connectivity index (χ3v) is 1.61. The summed E-state index contributed by atoms with van der Waals surface area (Å²) in [5, 5.41) is 5.40. The largest absolute Gasteiger partial charge is 0.344 e. The van der Waals surface area contributed by atoms with Gasteiger partial charge in [0.2, 0.25) is 0 Å². The Morgan fingerprint density at radius 3 is 2.71 bits per heavy atom. The molecule has 0 saturated heterocycles. The van der Waals surface area contributed by atoms with Gasteiger partial charge in [-0.25, -0.2) is 4.79 Å². The number of amides is 2. The molecule has 0 saturated carbocycles. The van der Waals surface area contributed by atoms with Crippen LogP contribution in [0.25, 0.3) is 0 Å². The maximum atomic E-state index is 11.1. The summed E-state index contributed by atoms with van der Waals surface area (Å²) in [5.41, 5.74) is 1.96. The van der Waals surface area contributed by atoms with Crippen molar-refractivity contribution in [2.75, 3.05) is 11.9 Å². The average Bonchev–Trinajstić information content (AvgIpc) is 2.04. The Bertz CT molecular complexity index is 299. The molecule has 0 unspecified atom stereocenters. The quantitative estimate of drug-likeness (QED) is 0.677. The van der Waals surface area contributed by atoms with Gasteiger partial charge in [-0.05, 0) is 31.5 Å². The minimum Gasteiger partial charge on any atom is -0.344 e. The maximum absolute atomic E-state index is 11.1. The molecule has 0 atom stereocenters. The molecule has 0 heterocycles. The van der Waals surface area contributed by atoms with E-state index < -0.39 is 0 Å². The molecule has 0 bridgehead atoms. The Morgan fingerprint density at radius 1 is 1.43 bits per heavy atom. The summed E-state index contributed by atoms with van der Waals surface area (Å²) in [6.07, 6.45) is 0. The van der Waals surface area contributed by atoms with Gasteiger partial charge in [0.1, 0.15) is 0 Å². The van der Waals surface area contributed by atoms with Crippen molar-refractivity contribution < 1.29 is 4.79 Å². The van der Waals surface area contributed by atoms with Crippen LogP contribution in [0.1, 0.15) is 12.5 Å². The third-order valence-electron chi connectivity index (χ3n) is 1.61. The summed E-state index contributed by atoms with van der Waals surface area (Å²) >= 11 is 0. The molecule has 4 nitrogen and oxygen atoms in total. The predicted octanol–water partition coefficient (Wildman–Crippen LogP) is 2.30. The number of anilines is 1. The number of carbonyl (C=O) groups excluding carboxylic acids is 1. The molecule has 2 amide bonds. The first-order valence-corrected chi connectivity index (χ1v) is 4.34. The van der Waals surface area contributed by atoms with E-state index in [0.29, 0.717) is 6.54 Å². The van der Waals surface area contributed by atoms with Gasteiger partial charge in [0.05, 0.1) is 0 Å². The molecule has 0 aromatic heterocycles. The number of aryl methyl sites for hydroxylation is 1. The number of rotatable bonds is 2. The van der Waals surface area contributed by atoms with Gasteiger partial charge in [0.15, 0.2) is 0 Å². The minimum absolute atomic E-state index is 0. The zero-order chi connectivity index (χ0) is 9.68. The fourth-order valence-electron chi connectivity index (χ4n) is 1.06. The van der Waals surface area contributed by atoms with E-state index in [1.54, 1.807) is 0 Å². The summed E-state index contributed by atoms with van der Waals surface area (Å²) in [4.78, 5) is 11.1. The van der Waals surface area contributed by atoms with Crippen molar-refractivity contribution >= 4 is 11.7 Å². The van der Waals surface area contributed by atoms with Crippen LogP contribution in [0.15, 0.2) is 24.3 Å². The smallest absolute Gasteiger partial charge is 0.319 e. The van der Waals surface area contributed by atoms with E-state index in [1.807, 2.05) is 38.1 Å². The molecule has 4 heteroatoms. The van der Waals surface area contributed by atoms with Crippen LogP contribution < -0.4 is 16.8 Å². The van der Waals surface area contributed by atoms with Crippen LogP contribution in [0.2, 0.25) is 0 Å². The summed E-state index contributed by atoms with van der Waals surface area (Å²) in [6.45, 7) is 4.51. The van der Waals surface area contributed by atoms with E-state index in [2.05, 4.69) is 10.6 Å². The molecule has 0 aliphatic carbocycles. The molecule has 0 aliphatic heterocycles. The topological polar surface area (TPSA) is 76.1 Å². The maximum Gasteiger partial charge on any atom is 0.319 e. The number of hydrogen-bond acceptors (Lipinski definition) is 2. The van der Waals surface area contributed by atoms with Crippen LogP contribution in [0.5, 0.6) is 0 Å². The molecular weight excluding hydrogens is 178 g/mol. The van der Waals surface area contributed by atoms with Gasteiger partial charge in [-0.2, -0.15) is 0 Å². The monoisotopic (exact) mass is 195 g/mol. The van der Waals surface area contributed by atoms with Crippen LogP contribution in [0.3, 0.4) is 0 Å². The number of benzene rings is 1. The van der Waals surface area contributed by atoms with Gasteiger partial charge in [-0.1, -0.05) is 12.1 Å². The van der Waals surface area contributed by atoms with Crippen molar-refractivity contribution in [3.63, 3.8) is 0 Å². The molecule has 1 rings (SSSR count). The van der Waals surface area contributed by atoms with E-state index in [1.165, 1.54) is 0 Å². The van der Waals surface area contributed by atoms with Crippen molar-refractivity contribution in [2.45, 2.75) is 13.8 Å². The first-order chi connectivity index (χ1) is 6.22. The lowest BCUT2D eigenvalue weighted by Gasteiger charge is -2.05. The van der Waals surface area contributed by atoms with Crippen molar-refractivity contribution in [3.8, 4) is 0 Å². The van der Waals surface area contributed by atoms with Crippen molar-refractivity contribution in [1.82, 2.24) is 11.5 Å². The first kappa shape index (κ1) is 12.4. The Balaban J connectivity index is 0.00000169. The Hall–Kier alpha value is -1.55. The van der Waals surface area contributed by atoms with Crippen molar-refractivity contribution in [3.05, 3.63) is 29.8 Å². The number of nitrogens with one attached hydrogen (secondary N) is 2. The van der Waals surface area contributed by atoms with Gasteiger partial charge in [-0.15, -0.1) is 0 Å². The minimum atomic E-state index is -0.159. The summed E-state index contributed by atoms with van der Waals surface area (Å²) < 4.78 is 0. The molecule has 0 fully saturated rings. The van der Waals surface area contributed by atoms with Crippen LogP contribution in [-0.2, 0) is 0 Å².